The summed E-state index contributed by atoms with van der Waals surface area (Å²) in [4.78, 5) is 8.82. The lowest BCUT2D eigenvalue weighted by molar-refractivity contribution is 0.577. The van der Waals surface area contributed by atoms with Gasteiger partial charge in [0.05, 0.1) is 5.69 Å². The fourth-order valence-corrected chi connectivity index (χ4v) is 5.15. The van der Waals surface area contributed by atoms with Gasteiger partial charge in [0.2, 0.25) is 10.0 Å². The summed E-state index contributed by atoms with van der Waals surface area (Å²) in [6.45, 7) is 1.27. The number of thiazole rings is 1. The van der Waals surface area contributed by atoms with Crippen LogP contribution in [-0.2, 0) is 10.0 Å². The number of hydrogen-bond donors (Lipinski definition) is 2. The van der Waals surface area contributed by atoms with E-state index in [1.807, 2.05) is 23.6 Å². The molecule has 26 heavy (non-hydrogen) atoms. The molecule has 0 unspecified atom stereocenters. The zero-order valence-corrected chi connectivity index (χ0v) is 16.5. The molecule has 138 valence electrons. The van der Waals surface area contributed by atoms with Crippen molar-refractivity contribution in [1.82, 2.24) is 14.7 Å². The first-order valence-corrected chi connectivity index (χ1v) is 11.5. The molecule has 0 aromatic carbocycles. The van der Waals surface area contributed by atoms with Gasteiger partial charge in [-0.15, -0.1) is 22.7 Å². The molecule has 3 aromatic rings. The topological polar surface area (TPSA) is 84.0 Å². The van der Waals surface area contributed by atoms with Crippen LogP contribution in [0.4, 0.5) is 5.13 Å². The van der Waals surface area contributed by atoms with E-state index in [1.54, 1.807) is 35.0 Å². The molecular weight excluding hydrogens is 388 g/mol. The first kappa shape index (κ1) is 19.0. The summed E-state index contributed by atoms with van der Waals surface area (Å²) < 4.78 is 26.9. The molecule has 0 radical (unpaired) electrons. The molecule has 0 aliphatic rings. The number of anilines is 1. The second kappa shape index (κ2) is 9.22. The normalized spacial score (nSPS) is 11.5. The standard InChI is InChI=1S/C17H20N4O2S3/c22-26(23,16-8-6-12-24-16)20-11-4-1-3-10-19-17-21-15(13-25-17)14-7-2-5-9-18-14/h2,5-9,12-13,20H,1,3-4,10-11H2,(H,19,21). The summed E-state index contributed by atoms with van der Waals surface area (Å²) >= 11 is 2.79. The van der Waals surface area contributed by atoms with Crippen molar-refractivity contribution in [2.24, 2.45) is 0 Å². The molecule has 0 spiro atoms. The molecule has 0 fully saturated rings. The lowest BCUT2D eigenvalue weighted by Gasteiger charge is -2.05. The van der Waals surface area contributed by atoms with Gasteiger partial charge in [-0.05, 0) is 36.4 Å². The number of pyridine rings is 1. The number of nitrogens with one attached hydrogen (secondary N) is 2. The van der Waals surface area contributed by atoms with Crippen LogP contribution in [0.15, 0.2) is 51.5 Å². The third-order valence-corrected chi connectivity index (χ3v) is 7.27. The van der Waals surface area contributed by atoms with Gasteiger partial charge in [-0.25, -0.2) is 18.1 Å². The minimum absolute atomic E-state index is 0.367. The Morgan fingerprint density at radius 1 is 0.962 bits per heavy atom. The summed E-state index contributed by atoms with van der Waals surface area (Å²) in [5.74, 6) is 0. The van der Waals surface area contributed by atoms with E-state index in [0.717, 1.165) is 42.3 Å². The zero-order chi connectivity index (χ0) is 18.2. The summed E-state index contributed by atoms with van der Waals surface area (Å²) in [6, 6.07) is 9.13. The van der Waals surface area contributed by atoms with Crippen LogP contribution in [0.3, 0.4) is 0 Å². The van der Waals surface area contributed by atoms with Gasteiger partial charge < -0.3 is 5.32 Å². The second-order valence-electron chi connectivity index (χ2n) is 5.57. The first-order valence-electron chi connectivity index (χ1n) is 8.29. The van der Waals surface area contributed by atoms with Crippen molar-refractivity contribution >= 4 is 37.8 Å². The highest BCUT2D eigenvalue weighted by Gasteiger charge is 2.13. The number of thiophene rings is 1. The van der Waals surface area contributed by atoms with E-state index in [0.29, 0.717) is 10.8 Å². The quantitative estimate of drug-likeness (QED) is 0.498. The monoisotopic (exact) mass is 408 g/mol. The Morgan fingerprint density at radius 2 is 1.85 bits per heavy atom. The van der Waals surface area contributed by atoms with E-state index in [2.05, 4.69) is 20.0 Å². The molecule has 3 aromatic heterocycles. The highest BCUT2D eigenvalue weighted by molar-refractivity contribution is 7.91. The van der Waals surface area contributed by atoms with E-state index < -0.39 is 10.0 Å². The van der Waals surface area contributed by atoms with Gasteiger partial charge in [0, 0.05) is 24.7 Å². The van der Waals surface area contributed by atoms with Gasteiger partial charge in [-0.3, -0.25) is 4.98 Å². The number of rotatable bonds is 10. The summed E-state index contributed by atoms with van der Waals surface area (Å²) in [6.07, 6.45) is 4.47. The van der Waals surface area contributed by atoms with Gasteiger partial charge in [-0.1, -0.05) is 18.6 Å². The average molecular weight is 409 g/mol. The minimum atomic E-state index is -3.34. The molecular formula is C17H20N4O2S3. The Labute approximate surface area is 161 Å². The average Bonchev–Trinajstić information content (AvgIpc) is 3.34. The third-order valence-electron chi connectivity index (χ3n) is 3.61. The Bertz CT molecular complexity index is 893. The largest absolute Gasteiger partial charge is 0.362 e. The highest BCUT2D eigenvalue weighted by Crippen LogP contribution is 2.23. The Morgan fingerprint density at radius 3 is 2.62 bits per heavy atom. The molecule has 3 heterocycles. The molecule has 3 rings (SSSR count). The van der Waals surface area contributed by atoms with Gasteiger partial charge >= 0.3 is 0 Å². The predicted molar refractivity (Wildman–Crippen MR) is 107 cm³/mol. The Kier molecular flexibility index (Phi) is 6.73. The molecule has 0 saturated carbocycles. The van der Waals surface area contributed by atoms with E-state index in [9.17, 15) is 8.42 Å². The van der Waals surface area contributed by atoms with Crippen LogP contribution in [0.25, 0.3) is 11.4 Å². The van der Waals surface area contributed by atoms with Crippen LogP contribution >= 0.6 is 22.7 Å². The number of hydrogen-bond acceptors (Lipinski definition) is 7. The fraction of sp³-hybridized carbons (Fsp3) is 0.294. The van der Waals surface area contributed by atoms with Gasteiger partial charge in [-0.2, -0.15) is 0 Å². The maximum absolute atomic E-state index is 12.0. The number of sulfonamides is 1. The second-order valence-corrected chi connectivity index (χ2v) is 9.37. The van der Waals surface area contributed by atoms with Crippen LogP contribution in [0.5, 0.6) is 0 Å². The van der Waals surface area contributed by atoms with E-state index in [-0.39, 0.29) is 0 Å². The van der Waals surface area contributed by atoms with Crippen molar-refractivity contribution in [3.05, 3.63) is 47.3 Å². The van der Waals surface area contributed by atoms with Crippen LogP contribution in [0.2, 0.25) is 0 Å². The van der Waals surface area contributed by atoms with Crippen molar-refractivity contribution in [3.63, 3.8) is 0 Å². The Balaban J connectivity index is 1.32. The number of aromatic nitrogens is 2. The lowest BCUT2D eigenvalue weighted by Crippen LogP contribution is -2.24. The predicted octanol–water partition coefficient (Wildman–Crippen LogP) is 3.83. The van der Waals surface area contributed by atoms with Crippen LogP contribution in [0.1, 0.15) is 19.3 Å². The maximum Gasteiger partial charge on any atom is 0.250 e. The smallest absolute Gasteiger partial charge is 0.250 e. The summed E-state index contributed by atoms with van der Waals surface area (Å²) in [7, 11) is -3.34. The Hall–Kier alpha value is -1.81. The molecule has 0 aliphatic heterocycles. The molecule has 0 saturated heterocycles. The van der Waals surface area contributed by atoms with Crippen LogP contribution in [-0.4, -0.2) is 31.5 Å². The third kappa shape index (κ3) is 5.34. The molecule has 0 amide bonds. The van der Waals surface area contributed by atoms with Crippen molar-refractivity contribution < 1.29 is 8.42 Å². The van der Waals surface area contributed by atoms with Gasteiger partial charge in [0.15, 0.2) is 5.13 Å². The zero-order valence-electron chi connectivity index (χ0n) is 14.1. The highest BCUT2D eigenvalue weighted by atomic mass is 32.2. The van der Waals surface area contributed by atoms with Crippen molar-refractivity contribution in [1.29, 1.82) is 0 Å². The molecule has 0 aliphatic carbocycles. The lowest BCUT2D eigenvalue weighted by atomic mass is 10.2. The summed E-state index contributed by atoms with van der Waals surface area (Å²) in [5, 5.41) is 7.94. The van der Waals surface area contributed by atoms with E-state index >= 15 is 0 Å². The van der Waals surface area contributed by atoms with E-state index in [4.69, 9.17) is 0 Å². The van der Waals surface area contributed by atoms with Crippen LogP contribution in [0, 0.1) is 0 Å². The van der Waals surface area contributed by atoms with Gasteiger partial charge in [0.25, 0.3) is 0 Å². The molecule has 0 atom stereocenters. The minimum Gasteiger partial charge on any atom is -0.362 e. The molecule has 2 N–H and O–H groups in total. The number of unbranched alkanes of at least 4 members (excludes halogenated alkanes) is 2. The van der Waals surface area contributed by atoms with Crippen molar-refractivity contribution in [2.45, 2.75) is 23.5 Å². The number of nitrogens with zero attached hydrogens (tertiary/aromatic N) is 2. The SMILES string of the molecule is O=S(=O)(NCCCCCNc1nc(-c2ccccn2)cs1)c1cccs1. The molecule has 9 heteroatoms. The van der Waals surface area contributed by atoms with Gasteiger partial charge in [0.1, 0.15) is 9.90 Å². The van der Waals surface area contributed by atoms with Crippen LogP contribution < -0.4 is 10.0 Å². The molecule has 0 bridgehead atoms. The van der Waals surface area contributed by atoms with E-state index in [1.165, 1.54) is 11.3 Å². The van der Waals surface area contributed by atoms with Crippen molar-refractivity contribution in [3.8, 4) is 11.4 Å². The fourth-order valence-electron chi connectivity index (χ4n) is 2.30. The van der Waals surface area contributed by atoms with Crippen molar-refractivity contribution in [2.75, 3.05) is 18.4 Å². The summed E-state index contributed by atoms with van der Waals surface area (Å²) in [5.41, 5.74) is 1.75. The maximum atomic E-state index is 12.0. The molecule has 6 nitrogen and oxygen atoms in total. The first-order chi connectivity index (χ1) is 12.6.